The highest BCUT2D eigenvalue weighted by Crippen LogP contribution is 2.23. The first kappa shape index (κ1) is 21.1. The number of hydrogen-bond donors (Lipinski definition) is 2. The quantitative estimate of drug-likeness (QED) is 0.513. The van der Waals surface area contributed by atoms with Crippen LogP contribution in [0.5, 0.6) is 11.5 Å². The van der Waals surface area contributed by atoms with E-state index in [0.717, 1.165) is 29.1 Å². The Bertz CT molecular complexity index is 879. The lowest BCUT2D eigenvalue weighted by Gasteiger charge is -2.15. The molecule has 1 fully saturated rings. The number of methoxy groups -OCH3 is 1. The van der Waals surface area contributed by atoms with Crippen LogP contribution in [0.4, 0.5) is 0 Å². The van der Waals surface area contributed by atoms with E-state index in [1.165, 1.54) is 25.9 Å². The molecule has 1 aliphatic rings. The largest absolute Gasteiger partial charge is 0.496 e. The number of para-hydroxylation sites is 1. The summed E-state index contributed by atoms with van der Waals surface area (Å²) < 4.78 is 10.9. The van der Waals surface area contributed by atoms with Gasteiger partial charge in [-0.15, -0.1) is 0 Å². The van der Waals surface area contributed by atoms with Crippen molar-refractivity contribution in [1.82, 2.24) is 5.43 Å². The fourth-order valence-electron chi connectivity index (χ4n) is 3.41. The summed E-state index contributed by atoms with van der Waals surface area (Å²) in [7, 11) is 1.69. The summed E-state index contributed by atoms with van der Waals surface area (Å²) in [6.07, 6.45) is 2.56. The SMILES string of the molecule is COc1ccc(/C(C)=N\NC(=O)COc2ccccc2Cl)cc1C[NH+]1CCCC1. The lowest BCUT2D eigenvalue weighted by atomic mass is 10.1. The second-order valence-corrected chi connectivity index (χ2v) is 7.52. The number of amides is 1. The van der Waals surface area contributed by atoms with E-state index in [4.69, 9.17) is 21.1 Å². The minimum atomic E-state index is -0.348. The van der Waals surface area contributed by atoms with E-state index < -0.39 is 0 Å². The Labute approximate surface area is 176 Å². The third-order valence-electron chi connectivity index (χ3n) is 4.99. The predicted molar refractivity (Wildman–Crippen MR) is 114 cm³/mol. The number of rotatable bonds is 8. The summed E-state index contributed by atoms with van der Waals surface area (Å²) in [6, 6.07) is 13.0. The maximum absolute atomic E-state index is 12.1. The number of halogens is 1. The standard InChI is InChI=1S/C22H26ClN3O3/c1-16(24-25-22(27)15-29-21-8-4-3-7-19(21)23)17-9-10-20(28-2)18(13-17)14-26-11-5-6-12-26/h3-4,7-10,13H,5-6,11-12,14-15H2,1-2H3,(H,25,27)/p+1/b24-16-. The molecule has 0 spiro atoms. The minimum Gasteiger partial charge on any atom is -0.496 e. The lowest BCUT2D eigenvalue weighted by Crippen LogP contribution is -3.08. The van der Waals surface area contributed by atoms with Crippen molar-refractivity contribution in [1.29, 1.82) is 0 Å². The Morgan fingerprint density at radius 1 is 1.17 bits per heavy atom. The van der Waals surface area contributed by atoms with Crippen LogP contribution in [-0.4, -0.2) is 38.4 Å². The van der Waals surface area contributed by atoms with Gasteiger partial charge in [-0.3, -0.25) is 4.79 Å². The van der Waals surface area contributed by atoms with E-state index in [1.807, 2.05) is 19.1 Å². The first-order valence-corrected chi connectivity index (χ1v) is 10.2. The van der Waals surface area contributed by atoms with Gasteiger partial charge in [-0.25, -0.2) is 5.43 Å². The molecule has 29 heavy (non-hydrogen) atoms. The molecular formula is C22H27ClN3O3+. The Hall–Kier alpha value is -2.57. The first-order valence-electron chi connectivity index (χ1n) is 9.78. The Balaban J connectivity index is 1.61. The average molecular weight is 417 g/mol. The summed E-state index contributed by atoms with van der Waals surface area (Å²) in [4.78, 5) is 13.6. The zero-order valence-corrected chi connectivity index (χ0v) is 17.6. The molecule has 3 rings (SSSR count). The molecule has 2 aromatic rings. The van der Waals surface area contributed by atoms with Crippen molar-refractivity contribution in [2.45, 2.75) is 26.3 Å². The smallest absolute Gasteiger partial charge is 0.277 e. The van der Waals surface area contributed by atoms with Crippen molar-refractivity contribution >= 4 is 23.2 Å². The highest BCUT2D eigenvalue weighted by Gasteiger charge is 2.18. The van der Waals surface area contributed by atoms with Gasteiger partial charge < -0.3 is 14.4 Å². The van der Waals surface area contributed by atoms with Gasteiger partial charge in [-0.1, -0.05) is 23.7 Å². The Morgan fingerprint density at radius 2 is 1.93 bits per heavy atom. The van der Waals surface area contributed by atoms with Crippen LogP contribution < -0.4 is 19.8 Å². The molecule has 1 amide bonds. The van der Waals surface area contributed by atoms with Crippen LogP contribution in [0.3, 0.4) is 0 Å². The number of hydrazone groups is 1. The monoisotopic (exact) mass is 416 g/mol. The maximum Gasteiger partial charge on any atom is 0.277 e. The van der Waals surface area contributed by atoms with Crippen LogP contribution in [0.1, 0.15) is 30.9 Å². The van der Waals surface area contributed by atoms with E-state index in [1.54, 1.807) is 36.3 Å². The van der Waals surface area contributed by atoms with E-state index in [0.29, 0.717) is 10.8 Å². The Morgan fingerprint density at radius 3 is 2.66 bits per heavy atom. The molecule has 2 aromatic carbocycles. The molecule has 7 heteroatoms. The molecule has 0 bridgehead atoms. The fourth-order valence-corrected chi connectivity index (χ4v) is 3.60. The normalized spacial score (nSPS) is 14.7. The number of nitrogens with zero attached hydrogens (tertiary/aromatic N) is 1. The van der Waals surface area contributed by atoms with Gasteiger partial charge in [0.25, 0.3) is 5.91 Å². The van der Waals surface area contributed by atoms with Crippen molar-refractivity contribution in [3.05, 3.63) is 58.6 Å². The van der Waals surface area contributed by atoms with Gasteiger partial charge in [0.2, 0.25) is 0 Å². The van der Waals surface area contributed by atoms with Crippen LogP contribution >= 0.6 is 11.6 Å². The van der Waals surface area contributed by atoms with Gasteiger partial charge in [0.05, 0.1) is 30.9 Å². The second-order valence-electron chi connectivity index (χ2n) is 7.11. The molecule has 1 saturated heterocycles. The summed E-state index contributed by atoms with van der Waals surface area (Å²) in [5.74, 6) is 1.01. The minimum absolute atomic E-state index is 0.160. The molecule has 1 aliphatic heterocycles. The van der Waals surface area contributed by atoms with Crippen molar-refractivity contribution in [3.8, 4) is 11.5 Å². The van der Waals surface area contributed by atoms with Gasteiger partial charge in [0.1, 0.15) is 18.0 Å². The van der Waals surface area contributed by atoms with E-state index in [-0.39, 0.29) is 12.5 Å². The molecule has 0 atom stereocenters. The molecule has 1 heterocycles. The fraction of sp³-hybridized carbons (Fsp3) is 0.364. The number of benzene rings is 2. The molecule has 0 saturated carbocycles. The van der Waals surface area contributed by atoms with Gasteiger partial charge in [-0.05, 0) is 42.8 Å². The van der Waals surface area contributed by atoms with E-state index in [9.17, 15) is 4.79 Å². The van der Waals surface area contributed by atoms with Crippen LogP contribution in [0.2, 0.25) is 5.02 Å². The number of hydrogen-bond acceptors (Lipinski definition) is 4. The third kappa shape index (κ3) is 5.95. The Kier molecular flexibility index (Phi) is 7.49. The summed E-state index contributed by atoms with van der Waals surface area (Å²) in [5.41, 5.74) is 5.36. The summed E-state index contributed by atoms with van der Waals surface area (Å²) >= 11 is 6.02. The molecule has 2 N–H and O–H groups in total. The van der Waals surface area contributed by atoms with E-state index >= 15 is 0 Å². The summed E-state index contributed by atoms with van der Waals surface area (Å²) in [6.45, 7) is 5.03. The van der Waals surface area contributed by atoms with Gasteiger partial charge in [0, 0.05) is 18.4 Å². The number of carbonyl (C=O) groups excluding carboxylic acids is 1. The van der Waals surface area contributed by atoms with Gasteiger partial charge in [-0.2, -0.15) is 5.10 Å². The number of carbonyl (C=O) groups is 1. The zero-order valence-electron chi connectivity index (χ0n) is 16.8. The second kappa shape index (κ2) is 10.3. The van der Waals surface area contributed by atoms with Crippen LogP contribution in [-0.2, 0) is 11.3 Å². The molecule has 0 aliphatic carbocycles. The summed E-state index contributed by atoms with van der Waals surface area (Å²) in [5, 5.41) is 4.68. The molecule has 0 aromatic heterocycles. The number of ether oxygens (including phenoxy) is 2. The molecule has 0 radical (unpaired) electrons. The average Bonchev–Trinajstić information content (AvgIpc) is 3.24. The van der Waals surface area contributed by atoms with Crippen LogP contribution in [0, 0.1) is 0 Å². The predicted octanol–water partition coefficient (Wildman–Crippen LogP) is 2.45. The number of likely N-dealkylation sites (tertiary alicyclic amines) is 1. The van der Waals surface area contributed by atoms with Crippen LogP contribution in [0.15, 0.2) is 47.6 Å². The lowest BCUT2D eigenvalue weighted by molar-refractivity contribution is -0.901. The van der Waals surface area contributed by atoms with Gasteiger partial charge >= 0.3 is 0 Å². The van der Waals surface area contributed by atoms with Crippen molar-refractivity contribution in [2.75, 3.05) is 26.8 Å². The number of nitrogens with one attached hydrogen (secondary N) is 2. The highest BCUT2D eigenvalue weighted by molar-refractivity contribution is 6.32. The van der Waals surface area contributed by atoms with Crippen molar-refractivity contribution < 1.29 is 19.2 Å². The topological polar surface area (TPSA) is 64.4 Å². The van der Waals surface area contributed by atoms with E-state index in [2.05, 4.69) is 16.6 Å². The van der Waals surface area contributed by atoms with Gasteiger partial charge in [0.15, 0.2) is 6.61 Å². The zero-order chi connectivity index (χ0) is 20.6. The molecule has 6 nitrogen and oxygen atoms in total. The third-order valence-corrected chi connectivity index (χ3v) is 5.31. The van der Waals surface area contributed by atoms with Crippen LogP contribution in [0.25, 0.3) is 0 Å². The molecule has 154 valence electrons. The van der Waals surface area contributed by atoms with Crippen molar-refractivity contribution in [2.24, 2.45) is 5.10 Å². The highest BCUT2D eigenvalue weighted by atomic mass is 35.5. The maximum atomic E-state index is 12.1. The number of quaternary nitrogens is 1. The first-order chi connectivity index (χ1) is 14.1. The molecule has 0 unspecified atom stereocenters. The van der Waals surface area contributed by atoms with Crippen molar-refractivity contribution in [3.63, 3.8) is 0 Å². The molecular weight excluding hydrogens is 390 g/mol.